The maximum absolute atomic E-state index is 12.5. The Kier molecular flexibility index (Phi) is 4.37. The highest BCUT2D eigenvalue weighted by Gasteiger charge is 2.28. The van der Waals surface area contributed by atoms with Crippen LogP contribution in [-0.2, 0) is 42.8 Å². The van der Waals surface area contributed by atoms with Crippen LogP contribution in [0.2, 0.25) is 0 Å². The van der Waals surface area contributed by atoms with Crippen LogP contribution in [0, 0.1) is 0 Å². The molecule has 0 spiro atoms. The van der Waals surface area contributed by atoms with E-state index in [1.807, 2.05) is 4.72 Å². The topological polar surface area (TPSA) is 130 Å². The zero-order valence-electron chi connectivity index (χ0n) is 15.3. The predicted molar refractivity (Wildman–Crippen MR) is 100.0 cm³/mol. The Balaban J connectivity index is 1.59. The van der Waals surface area contributed by atoms with Crippen LogP contribution in [0.3, 0.4) is 0 Å². The Bertz CT molecular complexity index is 1070. The first-order valence-electron chi connectivity index (χ1n) is 9.04. The van der Waals surface area contributed by atoms with Crippen molar-refractivity contribution in [1.82, 2.24) is 14.5 Å². The summed E-state index contributed by atoms with van der Waals surface area (Å²) in [5, 5.41) is 14.9. The molecule has 3 N–H and O–H groups in total. The number of amides is 2. The van der Waals surface area contributed by atoms with Gasteiger partial charge in [-0.25, -0.2) is 14.3 Å². The number of aryl methyl sites for hydroxylation is 3. The smallest absolute Gasteiger partial charge is 0.354 e. The number of fused-ring (bicyclic) bond motifs is 2. The van der Waals surface area contributed by atoms with Gasteiger partial charge in [-0.1, -0.05) is 6.07 Å². The molecule has 0 aliphatic heterocycles. The van der Waals surface area contributed by atoms with Crippen molar-refractivity contribution in [3.8, 4) is 0 Å². The molecular weight excluding hydrogens is 384 g/mol. The van der Waals surface area contributed by atoms with E-state index in [4.69, 9.17) is 5.11 Å². The van der Waals surface area contributed by atoms with Gasteiger partial charge in [-0.2, -0.15) is 13.5 Å². The number of sulfonamides is 1. The highest BCUT2D eigenvalue weighted by molar-refractivity contribution is 7.90. The van der Waals surface area contributed by atoms with Crippen LogP contribution in [0.5, 0.6) is 0 Å². The summed E-state index contributed by atoms with van der Waals surface area (Å²) in [6, 6.07) is 2.25. The summed E-state index contributed by atoms with van der Waals surface area (Å²) in [6.07, 6.45) is 5.66. The fourth-order valence-corrected chi connectivity index (χ4v) is 4.95. The van der Waals surface area contributed by atoms with Gasteiger partial charge >= 0.3 is 12.0 Å². The third kappa shape index (κ3) is 3.13. The van der Waals surface area contributed by atoms with Crippen molar-refractivity contribution in [1.29, 1.82) is 0 Å². The lowest BCUT2D eigenvalue weighted by molar-refractivity contribution is 0.0685. The number of aromatic nitrogens is 2. The molecule has 0 saturated carbocycles. The molecule has 0 atom stereocenters. The monoisotopic (exact) mass is 404 g/mol. The van der Waals surface area contributed by atoms with E-state index in [2.05, 4.69) is 16.5 Å². The number of nitrogens with one attached hydrogen (secondary N) is 2. The zero-order chi connectivity index (χ0) is 20.1. The van der Waals surface area contributed by atoms with E-state index in [-0.39, 0.29) is 5.69 Å². The van der Waals surface area contributed by atoms with Crippen LogP contribution in [0.1, 0.15) is 45.6 Å². The van der Waals surface area contributed by atoms with Crippen LogP contribution in [-0.4, -0.2) is 35.3 Å². The van der Waals surface area contributed by atoms with Gasteiger partial charge in [-0.3, -0.25) is 4.68 Å². The minimum Gasteiger partial charge on any atom is -0.477 e. The minimum absolute atomic E-state index is 0.292. The number of anilines is 1. The molecule has 9 nitrogen and oxygen atoms in total. The summed E-state index contributed by atoms with van der Waals surface area (Å²) in [5.41, 5.74) is 5.03. The molecule has 0 radical (unpaired) electrons. The van der Waals surface area contributed by atoms with E-state index in [0.717, 1.165) is 66.1 Å². The van der Waals surface area contributed by atoms with Crippen LogP contribution in [0.4, 0.5) is 10.5 Å². The predicted octanol–water partition coefficient (Wildman–Crippen LogP) is 1.61. The van der Waals surface area contributed by atoms with Crippen molar-refractivity contribution in [2.45, 2.75) is 43.6 Å². The molecule has 0 fully saturated rings. The molecule has 2 aromatic rings. The summed E-state index contributed by atoms with van der Waals surface area (Å²) in [4.78, 5) is 23.6. The van der Waals surface area contributed by atoms with Gasteiger partial charge in [0.2, 0.25) is 0 Å². The molecule has 2 aliphatic carbocycles. The molecule has 4 rings (SSSR count). The lowest BCUT2D eigenvalue weighted by Crippen LogP contribution is -2.35. The quantitative estimate of drug-likeness (QED) is 0.710. The largest absolute Gasteiger partial charge is 0.477 e. The Morgan fingerprint density at radius 1 is 1.07 bits per heavy atom. The molecule has 2 aliphatic rings. The number of carboxylic acid groups (broad SMARTS) is 1. The van der Waals surface area contributed by atoms with Crippen molar-refractivity contribution >= 4 is 27.7 Å². The average molecular weight is 404 g/mol. The molecule has 2 amide bonds. The van der Waals surface area contributed by atoms with Crippen LogP contribution in [0.25, 0.3) is 0 Å². The molecule has 28 heavy (non-hydrogen) atoms. The first-order chi connectivity index (χ1) is 13.3. The van der Waals surface area contributed by atoms with E-state index in [1.165, 1.54) is 18.2 Å². The normalized spacial score (nSPS) is 15.2. The van der Waals surface area contributed by atoms with Crippen molar-refractivity contribution in [2.24, 2.45) is 7.05 Å². The number of benzene rings is 1. The second kappa shape index (κ2) is 6.62. The SMILES string of the molecule is Cn1nc(S(=O)(=O)NC(=O)Nc2c3c(cc4c2CCC4)CCC3)cc1C(=O)O. The summed E-state index contributed by atoms with van der Waals surface area (Å²) < 4.78 is 27.8. The minimum atomic E-state index is -4.30. The van der Waals surface area contributed by atoms with Crippen molar-refractivity contribution in [3.05, 3.63) is 40.1 Å². The van der Waals surface area contributed by atoms with E-state index in [9.17, 15) is 18.0 Å². The molecular formula is C18H20N4O5S. The molecule has 1 aromatic heterocycles. The summed E-state index contributed by atoms with van der Waals surface area (Å²) in [7, 11) is -2.98. The van der Waals surface area contributed by atoms with E-state index in [1.54, 1.807) is 0 Å². The number of carbonyl (C=O) groups excluding carboxylic acids is 1. The van der Waals surface area contributed by atoms with Crippen molar-refractivity contribution in [3.63, 3.8) is 0 Å². The van der Waals surface area contributed by atoms with E-state index in [0.29, 0.717) is 0 Å². The lowest BCUT2D eigenvalue weighted by atomic mass is 9.99. The number of carbonyl (C=O) groups is 2. The molecule has 0 saturated heterocycles. The number of hydrogen-bond donors (Lipinski definition) is 3. The standard InChI is InChI=1S/C18H20N4O5S/c1-22-14(17(23)24)9-15(20-22)28(26,27)21-18(25)19-16-12-6-2-4-10(12)8-11-5-3-7-13(11)16/h8-9H,2-7H2,1H3,(H,23,24)(H2,19,21,25). The Morgan fingerprint density at radius 3 is 2.21 bits per heavy atom. The van der Waals surface area contributed by atoms with Gasteiger partial charge in [0.25, 0.3) is 10.0 Å². The number of carboxylic acids is 1. The van der Waals surface area contributed by atoms with Crippen molar-refractivity contribution in [2.75, 3.05) is 5.32 Å². The van der Waals surface area contributed by atoms with E-state index >= 15 is 0 Å². The Labute approximate surface area is 161 Å². The molecule has 0 unspecified atom stereocenters. The molecule has 1 heterocycles. The molecule has 148 valence electrons. The van der Waals surface area contributed by atoms with Crippen LogP contribution in [0.15, 0.2) is 17.2 Å². The van der Waals surface area contributed by atoms with Gasteiger partial charge in [0.15, 0.2) is 5.03 Å². The fourth-order valence-electron chi connectivity index (χ4n) is 4.05. The number of hydrogen-bond acceptors (Lipinski definition) is 5. The lowest BCUT2D eigenvalue weighted by Gasteiger charge is -2.16. The highest BCUT2D eigenvalue weighted by atomic mass is 32.2. The number of aromatic carboxylic acids is 1. The number of rotatable bonds is 4. The van der Waals surface area contributed by atoms with Crippen molar-refractivity contribution < 1.29 is 23.1 Å². The average Bonchev–Trinajstić information content (AvgIpc) is 3.32. The van der Waals surface area contributed by atoms with Gasteiger partial charge in [0.05, 0.1) is 0 Å². The third-order valence-corrected chi connectivity index (χ3v) is 6.49. The maximum atomic E-state index is 12.5. The Morgan fingerprint density at radius 2 is 1.68 bits per heavy atom. The Hall–Kier alpha value is -2.88. The fraction of sp³-hybridized carbons (Fsp3) is 0.389. The van der Waals surface area contributed by atoms with E-state index < -0.39 is 27.0 Å². The summed E-state index contributed by atoms with van der Waals surface area (Å²) in [6.45, 7) is 0. The van der Waals surface area contributed by atoms with Gasteiger partial charge in [-0.05, 0) is 60.8 Å². The maximum Gasteiger partial charge on any atom is 0.354 e. The van der Waals surface area contributed by atoms with Crippen LogP contribution >= 0.6 is 0 Å². The highest BCUT2D eigenvalue weighted by Crippen LogP contribution is 2.38. The number of nitrogens with zero attached hydrogens (tertiary/aromatic N) is 2. The van der Waals surface area contributed by atoms with Gasteiger partial charge in [0, 0.05) is 18.8 Å². The molecule has 0 bridgehead atoms. The second-order valence-corrected chi connectivity index (χ2v) is 8.72. The summed E-state index contributed by atoms with van der Waals surface area (Å²) >= 11 is 0. The first-order valence-corrected chi connectivity index (χ1v) is 10.5. The second-order valence-electron chi connectivity index (χ2n) is 7.09. The summed E-state index contributed by atoms with van der Waals surface area (Å²) in [5.74, 6) is -1.31. The third-order valence-electron chi connectivity index (χ3n) is 5.29. The zero-order valence-corrected chi connectivity index (χ0v) is 16.1. The van der Waals surface area contributed by atoms with Crippen LogP contribution < -0.4 is 10.0 Å². The van der Waals surface area contributed by atoms with Gasteiger partial charge in [0.1, 0.15) is 5.69 Å². The molecule has 1 aromatic carbocycles. The first kappa shape index (κ1) is 18.5. The number of urea groups is 1. The van der Waals surface area contributed by atoms with Gasteiger partial charge in [-0.15, -0.1) is 0 Å². The van der Waals surface area contributed by atoms with Gasteiger partial charge < -0.3 is 10.4 Å². The molecule has 10 heteroatoms.